The zero-order chi connectivity index (χ0) is 14.7. The van der Waals surface area contributed by atoms with Crippen molar-refractivity contribution in [2.24, 2.45) is 5.92 Å². The topological polar surface area (TPSA) is 33.3 Å². The number of nitrogens with one attached hydrogen (secondary N) is 2. The van der Waals surface area contributed by atoms with Crippen molar-refractivity contribution < 1.29 is 4.74 Å². The predicted molar refractivity (Wildman–Crippen MR) is 91.1 cm³/mol. The molecule has 3 atom stereocenters. The summed E-state index contributed by atoms with van der Waals surface area (Å²) in [4.78, 5) is 0. The number of piperidine rings is 1. The molecule has 1 saturated carbocycles. The van der Waals surface area contributed by atoms with Gasteiger partial charge in [0.05, 0.1) is 12.8 Å². The molecule has 3 unspecified atom stereocenters. The van der Waals surface area contributed by atoms with Crippen LogP contribution >= 0.6 is 15.9 Å². The summed E-state index contributed by atoms with van der Waals surface area (Å²) in [6.07, 6.45) is 8.00. The summed E-state index contributed by atoms with van der Waals surface area (Å²) in [5, 5.41) is 7.50. The Labute approximate surface area is 136 Å². The molecule has 0 aromatic heterocycles. The lowest BCUT2D eigenvalue weighted by Crippen LogP contribution is -2.44. The summed E-state index contributed by atoms with van der Waals surface area (Å²) >= 11 is 3.65. The van der Waals surface area contributed by atoms with Gasteiger partial charge in [-0.1, -0.05) is 12.8 Å². The number of halogens is 1. The van der Waals surface area contributed by atoms with E-state index in [2.05, 4.69) is 38.7 Å². The van der Waals surface area contributed by atoms with Crippen molar-refractivity contribution in [3.05, 3.63) is 22.7 Å². The predicted octanol–water partition coefficient (Wildman–Crippen LogP) is 4.18. The summed E-state index contributed by atoms with van der Waals surface area (Å²) in [7, 11) is 1.72. The molecule has 2 N–H and O–H groups in total. The number of benzene rings is 1. The van der Waals surface area contributed by atoms with Crippen molar-refractivity contribution in [3.63, 3.8) is 0 Å². The number of ether oxygens (including phenoxy) is 1. The molecule has 2 fully saturated rings. The van der Waals surface area contributed by atoms with Gasteiger partial charge in [0.2, 0.25) is 0 Å². The highest BCUT2D eigenvalue weighted by Crippen LogP contribution is 2.36. The minimum Gasteiger partial charge on any atom is -0.497 e. The van der Waals surface area contributed by atoms with Crippen LogP contribution in [0.3, 0.4) is 0 Å². The van der Waals surface area contributed by atoms with Gasteiger partial charge in [-0.05, 0) is 66.2 Å². The quantitative estimate of drug-likeness (QED) is 0.852. The zero-order valence-electron chi connectivity index (χ0n) is 12.7. The molecule has 1 aliphatic heterocycles. The fourth-order valence-corrected chi connectivity index (χ4v) is 4.20. The third-order valence-electron chi connectivity index (χ3n) is 4.95. The third-order valence-corrected chi connectivity index (χ3v) is 5.64. The zero-order valence-corrected chi connectivity index (χ0v) is 14.3. The Morgan fingerprint density at radius 3 is 2.86 bits per heavy atom. The van der Waals surface area contributed by atoms with Gasteiger partial charge in [-0.3, -0.25) is 0 Å². The molecule has 1 heterocycles. The van der Waals surface area contributed by atoms with Crippen LogP contribution in [0.2, 0.25) is 0 Å². The summed E-state index contributed by atoms with van der Waals surface area (Å²) in [5.41, 5.74) is 1.15. The van der Waals surface area contributed by atoms with Crippen molar-refractivity contribution in [1.82, 2.24) is 5.32 Å². The van der Waals surface area contributed by atoms with Crippen LogP contribution < -0.4 is 15.4 Å². The van der Waals surface area contributed by atoms with Crippen LogP contribution in [0.4, 0.5) is 5.69 Å². The average Bonchev–Trinajstić information content (AvgIpc) is 2.98. The lowest BCUT2D eigenvalue weighted by atomic mass is 9.88. The van der Waals surface area contributed by atoms with E-state index in [4.69, 9.17) is 4.74 Å². The van der Waals surface area contributed by atoms with Gasteiger partial charge in [0, 0.05) is 22.6 Å². The smallest absolute Gasteiger partial charge is 0.121 e. The molecule has 1 aliphatic carbocycles. The number of rotatable bonds is 4. The Morgan fingerprint density at radius 1 is 1.19 bits per heavy atom. The molecular formula is C17H25BrN2O. The fourth-order valence-electron chi connectivity index (χ4n) is 3.84. The van der Waals surface area contributed by atoms with E-state index in [-0.39, 0.29) is 0 Å². The molecule has 4 heteroatoms. The molecule has 1 saturated heterocycles. The molecule has 0 radical (unpaired) electrons. The van der Waals surface area contributed by atoms with E-state index < -0.39 is 0 Å². The highest BCUT2D eigenvalue weighted by Gasteiger charge is 2.34. The van der Waals surface area contributed by atoms with Crippen molar-refractivity contribution in [3.8, 4) is 5.75 Å². The van der Waals surface area contributed by atoms with E-state index in [1.807, 2.05) is 6.07 Å². The van der Waals surface area contributed by atoms with Gasteiger partial charge in [0.15, 0.2) is 0 Å². The van der Waals surface area contributed by atoms with Crippen molar-refractivity contribution in [1.29, 1.82) is 0 Å². The molecule has 2 aliphatic rings. The fraction of sp³-hybridized carbons (Fsp3) is 0.647. The highest BCUT2D eigenvalue weighted by atomic mass is 79.9. The molecule has 1 aromatic carbocycles. The second-order valence-electron chi connectivity index (χ2n) is 6.25. The molecule has 21 heavy (non-hydrogen) atoms. The lowest BCUT2D eigenvalue weighted by Gasteiger charge is -2.33. The first-order valence-electron chi connectivity index (χ1n) is 8.11. The van der Waals surface area contributed by atoms with Crippen molar-refractivity contribution in [2.75, 3.05) is 19.0 Å². The second kappa shape index (κ2) is 7.01. The van der Waals surface area contributed by atoms with E-state index in [9.17, 15) is 0 Å². The molecule has 0 bridgehead atoms. The Bertz CT molecular complexity index is 474. The van der Waals surface area contributed by atoms with E-state index in [0.717, 1.165) is 21.8 Å². The number of methoxy groups -OCH3 is 1. The first-order valence-corrected chi connectivity index (χ1v) is 8.90. The summed E-state index contributed by atoms with van der Waals surface area (Å²) in [6, 6.07) is 7.41. The summed E-state index contributed by atoms with van der Waals surface area (Å²) < 4.78 is 6.46. The second-order valence-corrected chi connectivity index (χ2v) is 7.10. The van der Waals surface area contributed by atoms with Crippen LogP contribution in [0.5, 0.6) is 5.75 Å². The van der Waals surface area contributed by atoms with Gasteiger partial charge < -0.3 is 15.4 Å². The largest absolute Gasteiger partial charge is 0.497 e. The minimum absolute atomic E-state index is 0.573. The van der Waals surface area contributed by atoms with Crippen LogP contribution in [0.1, 0.15) is 38.5 Å². The normalized spacial score (nSPS) is 29.3. The molecule has 3 rings (SSSR count). The first kappa shape index (κ1) is 15.2. The average molecular weight is 353 g/mol. The number of hydrogen-bond acceptors (Lipinski definition) is 3. The summed E-state index contributed by atoms with van der Waals surface area (Å²) in [6.45, 7) is 1.19. The third kappa shape index (κ3) is 3.54. The van der Waals surface area contributed by atoms with Gasteiger partial charge in [-0.15, -0.1) is 0 Å². The molecule has 0 amide bonds. The Kier molecular flexibility index (Phi) is 5.07. The van der Waals surface area contributed by atoms with Crippen LogP contribution in [-0.4, -0.2) is 25.7 Å². The first-order chi connectivity index (χ1) is 10.3. The molecule has 116 valence electrons. The molecule has 1 aromatic rings. The van der Waals surface area contributed by atoms with Gasteiger partial charge in [-0.25, -0.2) is 0 Å². The van der Waals surface area contributed by atoms with Gasteiger partial charge in [0.25, 0.3) is 0 Å². The maximum Gasteiger partial charge on any atom is 0.121 e. The standard InChI is InChI=1S/C17H25BrN2O/c1-21-12-8-9-14(18)17(11-12)20-16-7-4-5-13(16)15-6-2-3-10-19-15/h8-9,11,13,15-16,19-20H,2-7,10H2,1H3. The molecular weight excluding hydrogens is 328 g/mol. The monoisotopic (exact) mass is 352 g/mol. The van der Waals surface area contributed by atoms with Crippen LogP contribution in [0.25, 0.3) is 0 Å². The van der Waals surface area contributed by atoms with E-state index in [0.29, 0.717) is 12.1 Å². The highest BCUT2D eigenvalue weighted by molar-refractivity contribution is 9.10. The van der Waals surface area contributed by atoms with Gasteiger partial charge in [-0.2, -0.15) is 0 Å². The van der Waals surface area contributed by atoms with Crippen LogP contribution in [-0.2, 0) is 0 Å². The van der Waals surface area contributed by atoms with Gasteiger partial charge in [0.1, 0.15) is 5.75 Å². The Morgan fingerprint density at radius 2 is 2.10 bits per heavy atom. The number of anilines is 1. The Hall–Kier alpha value is -0.740. The summed E-state index contributed by atoms with van der Waals surface area (Å²) in [5.74, 6) is 1.66. The Balaban J connectivity index is 1.70. The lowest BCUT2D eigenvalue weighted by molar-refractivity contribution is 0.286. The van der Waals surface area contributed by atoms with E-state index in [1.165, 1.54) is 45.1 Å². The van der Waals surface area contributed by atoms with Crippen LogP contribution in [0.15, 0.2) is 22.7 Å². The SMILES string of the molecule is COc1ccc(Br)c(NC2CCCC2C2CCCCN2)c1. The number of hydrogen-bond donors (Lipinski definition) is 2. The van der Waals surface area contributed by atoms with E-state index >= 15 is 0 Å². The minimum atomic E-state index is 0.573. The van der Waals surface area contributed by atoms with Crippen LogP contribution in [0, 0.1) is 5.92 Å². The van der Waals surface area contributed by atoms with E-state index in [1.54, 1.807) is 7.11 Å². The van der Waals surface area contributed by atoms with Gasteiger partial charge >= 0.3 is 0 Å². The molecule has 3 nitrogen and oxygen atoms in total. The molecule has 0 spiro atoms. The maximum atomic E-state index is 5.34. The maximum absolute atomic E-state index is 5.34. The van der Waals surface area contributed by atoms with Crippen molar-refractivity contribution >= 4 is 21.6 Å². The van der Waals surface area contributed by atoms with Crippen molar-refractivity contribution in [2.45, 2.75) is 50.6 Å².